The molecule has 1 aliphatic rings. The lowest BCUT2D eigenvalue weighted by molar-refractivity contribution is 0.147. The smallest absolute Gasteiger partial charge is 0.250 e. The van der Waals surface area contributed by atoms with Crippen molar-refractivity contribution in [2.75, 3.05) is 13.7 Å². The summed E-state index contributed by atoms with van der Waals surface area (Å²) in [5, 5.41) is 7.22. The van der Waals surface area contributed by atoms with E-state index in [0.717, 1.165) is 36.3 Å². The second kappa shape index (κ2) is 10.3. The van der Waals surface area contributed by atoms with Crippen LogP contribution >= 0.6 is 0 Å². The zero-order chi connectivity index (χ0) is 19.8. The maximum Gasteiger partial charge on any atom is 0.250 e. The van der Waals surface area contributed by atoms with Gasteiger partial charge in [-0.25, -0.2) is 0 Å². The van der Waals surface area contributed by atoms with Crippen molar-refractivity contribution in [3.05, 3.63) is 35.5 Å². The molecule has 0 radical (unpaired) electrons. The Kier molecular flexibility index (Phi) is 7.48. The normalized spacial score (nSPS) is 16.4. The topological polar surface area (TPSA) is 69.4 Å². The third-order valence-electron chi connectivity index (χ3n) is 5.02. The molecule has 6 nitrogen and oxygen atoms in total. The van der Waals surface area contributed by atoms with E-state index in [1.165, 1.54) is 19.3 Å². The minimum Gasteiger partial charge on any atom is -0.490 e. The van der Waals surface area contributed by atoms with Crippen molar-refractivity contribution in [2.45, 2.75) is 64.5 Å². The van der Waals surface area contributed by atoms with E-state index < -0.39 is 0 Å². The molecule has 0 aliphatic heterocycles. The lowest BCUT2D eigenvalue weighted by Gasteiger charge is -2.25. The predicted molar refractivity (Wildman–Crippen MR) is 111 cm³/mol. The van der Waals surface area contributed by atoms with Gasteiger partial charge >= 0.3 is 0 Å². The summed E-state index contributed by atoms with van der Waals surface area (Å²) in [6, 6.07) is 6.26. The molecule has 1 aromatic heterocycles. The number of para-hydroxylation sites is 1. The monoisotopic (exact) mass is 385 g/mol. The van der Waals surface area contributed by atoms with Gasteiger partial charge in [0.25, 0.3) is 5.89 Å². The van der Waals surface area contributed by atoms with Crippen LogP contribution in [0.15, 0.2) is 22.7 Å². The molecule has 3 rings (SSSR count). The minimum atomic E-state index is 0.251. The van der Waals surface area contributed by atoms with Crippen molar-refractivity contribution in [1.29, 1.82) is 0 Å². The van der Waals surface area contributed by atoms with Crippen LogP contribution in [0, 0.1) is 0 Å². The molecule has 6 heteroatoms. The molecular formula is C22H31N3O3. The van der Waals surface area contributed by atoms with E-state index in [1.54, 1.807) is 0 Å². The fraction of sp³-hybridized carbons (Fsp3) is 0.545. The minimum absolute atomic E-state index is 0.251. The average Bonchev–Trinajstić information content (AvgIpc) is 3.16. The van der Waals surface area contributed by atoms with Crippen LogP contribution in [-0.4, -0.2) is 35.9 Å². The van der Waals surface area contributed by atoms with Crippen LogP contribution in [0.25, 0.3) is 12.2 Å². The van der Waals surface area contributed by atoms with Gasteiger partial charge in [-0.05, 0) is 58.7 Å². The van der Waals surface area contributed by atoms with Gasteiger partial charge in [-0.3, -0.25) is 0 Å². The maximum atomic E-state index is 6.38. The zero-order valence-corrected chi connectivity index (χ0v) is 17.1. The summed E-state index contributed by atoms with van der Waals surface area (Å²) < 4.78 is 17.5. The molecule has 0 amide bonds. The number of likely N-dealkylation sites (N-methyl/N-ethyl adjacent to an activating group) is 1. The van der Waals surface area contributed by atoms with Gasteiger partial charge in [-0.1, -0.05) is 23.7 Å². The van der Waals surface area contributed by atoms with Crippen molar-refractivity contribution in [3.8, 4) is 11.5 Å². The molecule has 1 atom stereocenters. The molecule has 152 valence electrons. The second-order valence-electron chi connectivity index (χ2n) is 7.26. The van der Waals surface area contributed by atoms with Crippen molar-refractivity contribution < 1.29 is 14.0 Å². The van der Waals surface area contributed by atoms with Crippen LogP contribution in [0.2, 0.25) is 0 Å². The van der Waals surface area contributed by atoms with Crippen LogP contribution in [0.3, 0.4) is 0 Å². The lowest BCUT2D eigenvalue weighted by Crippen LogP contribution is -2.24. The summed E-state index contributed by atoms with van der Waals surface area (Å²) in [6.07, 6.45) is 10.7. The Labute approximate surface area is 167 Å². The summed E-state index contributed by atoms with van der Waals surface area (Å²) >= 11 is 0. The number of hydrogen-bond donors (Lipinski definition) is 1. The first kappa shape index (κ1) is 20.4. The number of ether oxygens (including phenoxy) is 2. The molecule has 1 heterocycles. The number of benzene rings is 1. The van der Waals surface area contributed by atoms with Gasteiger partial charge in [0.1, 0.15) is 0 Å². The highest BCUT2D eigenvalue weighted by atomic mass is 16.5. The van der Waals surface area contributed by atoms with Crippen LogP contribution in [0.4, 0.5) is 0 Å². The maximum absolute atomic E-state index is 6.38. The van der Waals surface area contributed by atoms with Gasteiger partial charge in [0.05, 0.1) is 12.7 Å². The van der Waals surface area contributed by atoms with Gasteiger partial charge in [0.15, 0.2) is 17.3 Å². The Morgan fingerprint density at radius 2 is 2.07 bits per heavy atom. The summed E-state index contributed by atoms with van der Waals surface area (Å²) in [4.78, 5) is 4.44. The molecule has 1 N–H and O–H groups in total. The molecule has 1 fully saturated rings. The van der Waals surface area contributed by atoms with Crippen LogP contribution in [0.1, 0.15) is 63.2 Å². The number of hydrogen-bond acceptors (Lipinski definition) is 6. The van der Waals surface area contributed by atoms with Gasteiger partial charge < -0.3 is 19.3 Å². The Hall–Kier alpha value is -2.34. The Balaban J connectivity index is 1.78. The van der Waals surface area contributed by atoms with Crippen LogP contribution < -0.4 is 14.8 Å². The molecule has 2 aromatic rings. The fourth-order valence-corrected chi connectivity index (χ4v) is 3.36. The third-order valence-corrected chi connectivity index (χ3v) is 5.02. The van der Waals surface area contributed by atoms with Gasteiger partial charge in [0.2, 0.25) is 0 Å². The molecule has 28 heavy (non-hydrogen) atoms. The van der Waals surface area contributed by atoms with E-state index in [2.05, 4.69) is 22.4 Å². The van der Waals surface area contributed by atoms with Gasteiger partial charge in [0, 0.05) is 24.1 Å². The van der Waals surface area contributed by atoms with Crippen molar-refractivity contribution in [3.63, 3.8) is 0 Å². The van der Waals surface area contributed by atoms with Crippen molar-refractivity contribution >= 4 is 12.2 Å². The molecular weight excluding hydrogens is 354 g/mol. The number of nitrogens with one attached hydrogen (secondary N) is 1. The Morgan fingerprint density at radius 3 is 2.82 bits per heavy atom. The van der Waals surface area contributed by atoms with Gasteiger partial charge in [-0.2, -0.15) is 4.98 Å². The first-order valence-corrected chi connectivity index (χ1v) is 10.3. The zero-order valence-electron chi connectivity index (χ0n) is 17.1. The molecule has 0 bridgehead atoms. The third kappa shape index (κ3) is 5.58. The Bertz CT molecular complexity index is 766. The largest absolute Gasteiger partial charge is 0.490 e. The summed E-state index contributed by atoms with van der Waals surface area (Å²) in [5.41, 5.74) is 0.958. The van der Waals surface area contributed by atoms with E-state index in [4.69, 9.17) is 14.0 Å². The molecule has 0 spiro atoms. The molecule has 1 saturated carbocycles. The molecule has 1 aromatic carbocycles. The summed E-state index contributed by atoms with van der Waals surface area (Å²) in [5.74, 6) is 2.77. The van der Waals surface area contributed by atoms with E-state index in [-0.39, 0.29) is 6.10 Å². The van der Waals surface area contributed by atoms with Crippen molar-refractivity contribution in [2.24, 2.45) is 0 Å². The quantitative estimate of drug-likeness (QED) is 0.685. The predicted octanol–water partition coefficient (Wildman–Crippen LogP) is 4.50. The highest BCUT2D eigenvalue weighted by Gasteiger charge is 2.19. The van der Waals surface area contributed by atoms with E-state index >= 15 is 0 Å². The first-order chi connectivity index (χ1) is 13.7. The van der Waals surface area contributed by atoms with E-state index in [1.807, 2.05) is 44.3 Å². The number of nitrogens with zero attached hydrogens (tertiary/aromatic N) is 2. The highest BCUT2D eigenvalue weighted by molar-refractivity contribution is 5.72. The first-order valence-electron chi connectivity index (χ1n) is 10.3. The van der Waals surface area contributed by atoms with Gasteiger partial charge in [-0.15, -0.1) is 0 Å². The molecule has 1 unspecified atom stereocenters. The van der Waals surface area contributed by atoms with Crippen molar-refractivity contribution in [1.82, 2.24) is 15.5 Å². The van der Waals surface area contributed by atoms with Crippen LogP contribution in [0.5, 0.6) is 11.5 Å². The highest BCUT2D eigenvalue weighted by Crippen LogP contribution is 2.35. The van der Waals surface area contributed by atoms with Crippen LogP contribution in [-0.2, 0) is 6.42 Å². The second-order valence-corrected chi connectivity index (χ2v) is 7.26. The SMILES string of the molecule is CCOc1cccc(/C=C/c2nc(CC(C)NC)no2)c1OC1CCCCC1. The molecule has 0 saturated heterocycles. The fourth-order valence-electron chi connectivity index (χ4n) is 3.36. The summed E-state index contributed by atoms with van der Waals surface area (Å²) in [7, 11) is 1.92. The standard InChI is InChI=1S/C22H31N3O3/c1-4-26-19-12-8-9-17(22(19)27-18-10-6-5-7-11-18)13-14-21-24-20(25-28-21)15-16(2)23-3/h8-9,12-14,16,18,23H,4-7,10-11,15H2,1-3H3/b14-13+. The lowest BCUT2D eigenvalue weighted by atomic mass is 9.97. The average molecular weight is 386 g/mol. The van der Waals surface area contributed by atoms with E-state index in [0.29, 0.717) is 24.4 Å². The Morgan fingerprint density at radius 1 is 1.25 bits per heavy atom. The molecule has 1 aliphatic carbocycles. The summed E-state index contributed by atoms with van der Waals surface area (Å²) in [6.45, 7) is 4.67. The number of aromatic nitrogens is 2. The van der Waals surface area contributed by atoms with E-state index in [9.17, 15) is 0 Å². The number of rotatable bonds is 9.